The molecule has 0 unspecified atom stereocenters. The first-order valence-electron chi connectivity index (χ1n) is 13.9. The standard InChI is InChI=1S/C31H32BrN7O4/c1-4-16-43-30-27(32)28(33-18-21-12-15-25(41-3)26(17-21)42-5-2)31(40)39(36-30)19-20-10-13-22(14-11-20)23-8-6-7-9-24(23)29-34-37-38-35-29/h6-15,17,33H,4-5,16,18-19H2,1-3H3,(H,34,35,37,38). The summed E-state index contributed by atoms with van der Waals surface area (Å²) in [6, 6.07) is 21.5. The average Bonchev–Trinajstić information content (AvgIpc) is 3.58. The fourth-order valence-electron chi connectivity index (χ4n) is 4.54. The van der Waals surface area contributed by atoms with Crippen molar-refractivity contribution in [3.8, 4) is 39.9 Å². The van der Waals surface area contributed by atoms with Crippen LogP contribution in [0.15, 0.2) is 76.0 Å². The second-order valence-electron chi connectivity index (χ2n) is 9.56. The number of benzene rings is 3. The number of ether oxygens (including phenoxy) is 3. The summed E-state index contributed by atoms with van der Waals surface area (Å²) in [7, 11) is 1.60. The normalized spacial score (nSPS) is 10.9. The van der Waals surface area contributed by atoms with E-state index in [0.29, 0.717) is 53.1 Å². The van der Waals surface area contributed by atoms with E-state index in [0.717, 1.165) is 34.2 Å². The lowest BCUT2D eigenvalue weighted by atomic mass is 9.98. The van der Waals surface area contributed by atoms with Gasteiger partial charge in [0.05, 0.1) is 26.9 Å². The number of nitrogens with one attached hydrogen (secondary N) is 2. The molecule has 12 heteroatoms. The zero-order valence-electron chi connectivity index (χ0n) is 24.1. The lowest BCUT2D eigenvalue weighted by Gasteiger charge is -2.16. The van der Waals surface area contributed by atoms with Crippen LogP contribution in [0, 0.1) is 0 Å². The van der Waals surface area contributed by atoms with Gasteiger partial charge in [-0.05, 0) is 68.9 Å². The Bertz CT molecular complexity index is 1720. The maximum absolute atomic E-state index is 13.7. The molecule has 5 rings (SSSR count). The topological polar surface area (TPSA) is 129 Å². The summed E-state index contributed by atoms with van der Waals surface area (Å²) in [6.45, 7) is 5.55. The van der Waals surface area contributed by atoms with Gasteiger partial charge >= 0.3 is 0 Å². The van der Waals surface area contributed by atoms with Crippen LogP contribution in [0.1, 0.15) is 31.4 Å². The van der Waals surface area contributed by atoms with Gasteiger partial charge in [-0.1, -0.05) is 61.5 Å². The summed E-state index contributed by atoms with van der Waals surface area (Å²) < 4.78 is 18.9. The summed E-state index contributed by atoms with van der Waals surface area (Å²) in [6.07, 6.45) is 0.800. The van der Waals surface area contributed by atoms with Crippen molar-refractivity contribution in [2.75, 3.05) is 25.6 Å². The van der Waals surface area contributed by atoms with Crippen molar-refractivity contribution in [3.63, 3.8) is 0 Å². The molecule has 3 aromatic carbocycles. The van der Waals surface area contributed by atoms with E-state index in [4.69, 9.17) is 14.2 Å². The van der Waals surface area contributed by atoms with Gasteiger partial charge in [-0.25, -0.2) is 4.68 Å². The Labute approximate surface area is 257 Å². The molecule has 0 bridgehead atoms. The van der Waals surface area contributed by atoms with Gasteiger partial charge in [0.2, 0.25) is 11.7 Å². The molecule has 0 saturated carbocycles. The molecule has 0 amide bonds. The highest BCUT2D eigenvalue weighted by Gasteiger charge is 2.18. The van der Waals surface area contributed by atoms with Gasteiger partial charge < -0.3 is 19.5 Å². The lowest BCUT2D eigenvalue weighted by Crippen LogP contribution is -2.27. The van der Waals surface area contributed by atoms with Crippen LogP contribution in [0.3, 0.4) is 0 Å². The van der Waals surface area contributed by atoms with Crippen molar-refractivity contribution >= 4 is 21.6 Å². The van der Waals surface area contributed by atoms with Gasteiger partial charge in [0.25, 0.3) is 5.56 Å². The number of nitrogens with zero attached hydrogens (tertiary/aromatic N) is 5. The average molecular weight is 647 g/mol. The predicted octanol–water partition coefficient (Wildman–Crippen LogP) is 5.71. The van der Waals surface area contributed by atoms with Gasteiger partial charge in [-0.2, -0.15) is 5.21 Å². The third-order valence-electron chi connectivity index (χ3n) is 6.62. The molecule has 2 aromatic heterocycles. The van der Waals surface area contributed by atoms with Crippen molar-refractivity contribution in [1.29, 1.82) is 0 Å². The van der Waals surface area contributed by atoms with Crippen molar-refractivity contribution in [1.82, 2.24) is 30.4 Å². The molecule has 43 heavy (non-hydrogen) atoms. The van der Waals surface area contributed by atoms with Gasteiger partial charge in [0.1, 0.15) is 10.2 Å². The monoisotopic (exact) mass is 645 g/mol. The maximum Gasteiger partial charge on any atom is 0.291 e. The smallest absolute Gasteiger partial charge is 0.291 e. The van der Waals surface area contributed by atoms with Crippen LogP contribution in [0.5, 0.6) is 17.4 Å². The highest BCUT2D eigenvalue weighted by atomic mass is 79.9. The van der Waals surface area contributed by atoms with Gasteiger partial charge in [-0.15, -0.1) is 15.3 Å². The van der Waals surface area contributed by atoms with Crippen LogP contribution < -0.4 is 25.1 Å². The molecule has 0 fully saturated rings. The molecular weight excluding hydrogens is 614 g/mol. The van der Waals surface area contributed by atoms with E-state index in [1.807, 2.05) is 80.6 Å². The Kier molecular flexibility index (Phi) is 9.67. The third-order valence-corrected chi connectivity index (χ3v) is 7.35. The molecule has 0 aliphatic heterocycles. The Balaban J connectivity index is 1.41. The van der Waals surface area contributed by atoms with Crippen LogP contribution in [0.25, 0.3) is 22.5 Å². The van der Waals surface area contributed by atoms with E-state index in [1.165, 1.54) is 4.68 Å². The Morgan fingerprint density at radius 3 is 2.42 bits per heavy atom. The summed E-state index contributed by atoms with van der Waals surface area (Å²) in [5, 5.41) is 22.3. The minimum atomic E-state index is -0.277. The molecule has 0 saturated heterocycles. The van der Waals surface area contributed by atoms with Gasteiger partial charge in [0, 0.05) is 12.1 Å². The van der Waals surface area contributed by atoms with Crippen LogP contribution in [0.2, 0.25) is 0 Å². The third kappa shape index (κ3) is 6.86. The van der Waals surface area contributed by atoms with E-state index in [9.17, 15) is 4.79 Å². The molecule has 2 heterocycles. The van der Waals surface area contributed by atoms with E-state index >= 15 is 0 Å². The molecule has 0 atom stereocenters. The molecule has 0 aliphatic carbocycles. The van der Waals surface area contributed by atoms with E-state index < -0.39 is 0 Å². The fourth-order valence-corrected chi connectivity index (χ4v) is 5.04. The SMILES string of the molecule is CCCOc1nn(Cc2ccc(-c3ccccc3-c3nn[nH]n3)cc2)c(=O)c(NCc2ccc(OC)c(OCC)c2)c1Br. The minimum Gasteiger partial charge on any atom is -0.493 e. The number of aromatic nitrogens is 6. The maximum atomic E-state index is 13.7. The number of H-pyrrole nitrogens is 1. The van der Waals surface area contributed by atoms with Crippen LogP contribution >= 0.6 is 15.9 Å². The van der Waals surface area contributed by atoms with Crippen LogP contribution in [-0.4, -0.2) is 50.7 Å². The summed E-state index contributed by atoms with van der Waals surface area (Å²) in [4.78, 5) is 13.7. The highest BCUT2D eigenvalue weighted by Crippen LogP contribution is 2.32. The summed E-state index contributed by atoms with van der Waals surface area (Å²) >= 11 is 3.55. The molecule has 5 aromatic rings. The van der Waals surface area contributed by atoms with E-state index in [-0.39, 0.29) is 12.1 Å². The highest BCUT2D eigenvalue weighted by molar-refractivity contribution is 9.10. The first-order chi connectivity index (χ1) is 21.0. The number of aromatic amines is 1. The number of methoxy groups -OCH3 is 1. The fraction of sp³-hybridized carbons (Fsp3) is 0.258. The van der Waals surface area contributed by atoms with Crippen molar-refractivity contribution < 1.29 is 14.2 Å². The second-order valence-corrected chi connectivity index (χ2v) is 10.3. The summed E-state index contributed by atoms with van der Waals surface area (Å²) in [5.74, 6) is 2.16. The molecule has 2 N–H and O–H groups in total. The quantitative estimate of drug-likeness (QED) is 0.165. The molecular formula is C31H32BrN7O4. The second kappa shape index (κ2) is 14.0. The molecule has 0 spiro atoms. The number of hydrogen-bond acceptors (Lipinski definition) is 9. The van der Waals surface area contributed by atoms with Gasteiger partial charge in [-0.3, -0.25) is 4.79 Å². The van der Waals surface area contributed by atoms with Crippen LogP contribution in [0.4, 0.5) is 5.69 Å². The number of anilines is 1. The first kappa shape index (κ1) is 29.8. The number of hydrogen-bond donors (Lipinski definition) is 2. The molecule has 0 aliphatic rings. The Hall–Kier alpha value is -4.71. The predicted molar refractivity (Wildman–Crippen MR) is 168 cm³/mol. The minimum absolute atomic E-state index is 0.257. The molecule has 0 radical (unpaired) electrons. The first-order valence-corrected chi connectivity index (χ1v) is 14.7. The lowest BCUT2D eigenvalue weighted by molar-refractivity contribution is 0.293. The zero-order chi connectivity index (χ0) is 30.2. The van der Waals surface area contributed by atoms with Crippen LogP contribution in [-0.2, 0) is 13.1 Å². The van der Waals surface area contributed by atoms with Crippen molar-refractivity contribution in [3.05, 3.63) is 92.7 Å². The molecule has 222 valence electrons. The van der Waals surface area contributed by atoms with Crippen molar-refractivity contribution in [2.45, 2.75) is 33.4 Å². The largest absolute Gasteiger partial charge is 0.493 e. The Morgan fingerprint density at radius 2 is 1.72 bits per heavy atom. The van der Waals surface area contributed by atoms with E-state index in [1.54, 1.807) is 7.11 Å². The van der Waals surface area contributed by atoms with E-state index in [2.05, 4.69) is 47.0 Å². The zero-order valence-corrected chi connectivity index (χ0v) is 25.7. The number of rotatable bonds is 13. The molecule has 11 nitrogen and oxygen atoms in total. The van der Waals surface area contributed by atoms with Crippen molar-refractivity contribution in [2.24, 2.45) is 0 Å². The summed E-state index contributed by atoms with van der Waals surface area (Å²) in [5.41, 5.74) is 4.74. The number of tetrazole rings is 1. The van der Waals surface area contributed by atoms with Gasteiger partial charge in [0.15, 0.2) is 11.5 Å². The number of halogens is 1. The Morgan fingerprint density at radius 1 is 0.953 bits per heavy atom.